The Labute approximate surface area is 207 Å². The van der Waals surface area contributed by atoms with Crippen LogP contribution in [0.25, 0.3) is 11.1 Å². The van der Waals surface area contributed by atoms with Crippen LogP contribution in [0.4, 0.5) is 10.7 Å². The van der Waals surface area contributed by atoms with Crippen LogP contribution < -0.4 is 19.7 Å². The fourth-order valence-electron chi connectivity index (χ4n) is 3.87. The maximum atomic E-state index is 13.4. The zero-order chi connectivity index (χ0) is 25.3. The summed E-state index contributed by atoms with van der Waals surface area (Å²) in [6.07, 6.45) is 0. The van der Waals surface area contributed by atoms with Crippen LogP contribution in [-0.2, 0) is 14.3 Å². The van der Waals surface area contributed by atoms with Crippen molar-refractivity contribution in [3.05, 3.63) is 59.0 Å². The molecule has 1 atom stereocenters. The Morgan fingerprint density at radius 3 is 2.54 bits per heavy atom. The number of anilines is 2. The lowest BCUT2D eigenvalue weighted by Gasteiger charge is -2.38. The van der Waals surface area contributed by atoms with Gasteiger partial charge in [0.25, 0.3) is 17.4 Å². The topological polar surface area (TPSA) is 94.2 Å². The number of thiophene rings is 1. The number of methoxy groups -OCH3 is 1. The predicted octanol–water partition coefficient (Wildman–Crippen LogP) is 4.66. The molecule has 0 spiro atoms. The monoisotopic (exact) mass is 494 g/mol. The molecule has 3 aromatic rings. The van der Waals surface area contributed by atoms with E-state index in [0.717, 1.165) is 11.1 Å². The summed E-state index contributed by atoms with van der Waals surface area (Å²) >= 11 is 1.17. The van der Waals surface area contributed by atoms with E-state index in [-0.39, 0.29) is 17.2 Å². The minimum atomic E-state index is -1.83. The van der Waals surface area contributed by atoms with Crippen LogP contribution in [0.3, 0.4) is 0 Å². The highest BCUT2D eigenvalue weighted by atomic mass is 32.1. The van der Waals surface area contributed by atoms with E-state index >= 15 is 0 Å². The third-order valence-electron chi connectivity index (χ3n) is 5.83. The van der Waals surface area contributed by atoms with E-state index in [4.69, 9.17) is 14.2 Å². The highest BCUT2D eigenvalue weighted by Gasteiger charge is 2.50. The molecule has 35 heavy (non-hydrogen) atoms. The number of amides is 2. The second kappa shape index (κ2) is 9.42. The molecule has 0 radical (unpaired) electrons. The van der Waals surface area contributed by atoms with Gasteiger partial charge in [-0.05, 0) is 56.2 Å². The molecular weight excluding hydrogens is 468 g/mol. The summed E-state index contributed by atoms with van der Waals surface area (Å²) in [6.45, 7) is 5.21. The average Bonchev–Trinajstić information content (AvgIpc) is 3.27. The number of benzene rings is 2. The summed E-state index contributed by atoms with van der Waals surface area (Å²) in [7, 11) is 3.18. The van der Waals surface area contributed by atoms with Crippen molar-refractivity contribution in [2.24, 2.45) is 0 Å². The van der Waals surface area contributed by atoms with Gasteiger partial charge in [0.05, 0.1) is 19.4 Å². The SMILES string of the molecule is CCOC(=O)c1c(-c2ccc(OC)cc2)csc1NC(=O)C1(C)Oc2ccc(C)cc2N(C)C1=O. The molecule has 1 aliphatic rings. The molecule has 182 valence electrons. The average molecular weight is 495 g/mol. The quantitative estimate of drug-likeness (QED) is 0.396. The lowest BCUT2D eigenvalue weighted by molar-refractivity contribution is -0.144. The second-order valence-corrected chi connectivity index (χ2v) is 9.11. The minimum Gasteiger partial charge on any atom is -0.497 e. The van der Waals surface area contributed by atoms with Gasteiger partial charge < -0.3 is 24.4 Å². The molecule has 1 N–H and O–H groups in total. The maximum absolute atomic E-state index is 13.4. The lowest BCUT2D eigenvalue weighted by atomic mass is 9.99. The zero-order valence-corrected chi connectivity index (χ0v) is 20.9. The molecule has 1 aliphatic heterocycles. The molecule has 1 aromatic heterocycles. The zero-order valence-electron chi connectivity index (χ0n) is 20.1. The van der Waals surface area contributed by atoms with Crippen molar-refractivity contribution in [3.63, 3.8) is 0 Å². The van der Waals surface area contributed by atoms with Gasteiger partial charge in [-0.2, -0.15) is 0 Å². The Balaban J connectivity index is 1.69. The van der Waals surface area contributed by atoms with Crippen molar-refractivity contribution in [1.29, 1.82) is 0 Å². The maximum Gasteiger partial charge on any atom is 0.341 e. The van der Waals surface area contributed by atoms with Crippen LogP contribution in [0.1, 0.15) is 29.8 Å². The Morgan fingerprint density at radius 2 is 1.89 bits per heavy atom. The number of carbonyl (C=O) groups is 3. The van der Waals surface area contributed by atoms with E-state index in [1.807, 2.05) is 31.2 Å². The lowest BCUT2D eigenvalue weighted by Crippen LogP contribution is -2.59. The minimum absolute atomic E-state index is 0.171. The number of hydrogen-bond acceptors (Lipinski definition) is 7. The molecule has 2 aromatic carbocycles. The fraction of sp³-hybridized carbons (Fsp3) is 0.269. The summed E-state index contributed by atoms with van der Waals surface area (Å²) in [5.41, 5.74) is 1.30. The molecule has 8 nitrogen and oxygen atoms in total. The van der Waals surface area contributed by atoms with Crippen molar-refractivity contribution in [3.8, 4) is 22.6 Å². The third kappa shape index (κ3) is 4.35. The number of aryl methyl sites for hydroxylation is 1. The van der Waals surface area contributed by atoms with Crippen LogP contribution in [0.2, 0.25) is 0 Å². The van der Waals surface area contributed by atoms with Gasteiger partial charge in [-0.15, -0.1) is 11.3 Å². The largest absolute Gasteiger partial charge is 0.497 e. The molecule has 9 heteroatoms. The number of nitrogens with zero attached hydrogens (tertiary/aromatic N) is 1. The van der Waals surface area contributed by atoms with Gasteiger partial charge in [0.15, 0.2) is 0 Å². The Bertz CT molecular complexity index is 1300. The summed E-state index contributed by atoms with van der Waals surface area (Å²) < 4.78 is 16.4. The first-order chi connectivity index (χ1) is 16.7. The normalized spacial score (nSPS) is 16.8. The summed E-state index contributed by atoms with van der Waals surface area (Å²) in [5.74, 6) is -0.678. The standard InChI is InChI=1S/C26H26N2O6S/c1-6-33-23(29)21-18(16-8-10-17(32-5)11-9-16)14-35-22(21)27-24(30)26(3)25(31)28(4)19-13-15(2)7-12-20(19)34-26/h7-14H,6H2,1-5H3,(H,27,30). The second-order valence-electron chi connectivity index (χ2n) is 8.23. The smallest absolute Gasteiger partial charge is 0.341 e. The molecule has 2 amide bonds. The molecule has 1 unspecified atom stereocenters. The van der Waals surface area contributed by atoms with Crippen LogP contribution >= 0.6 is 11.3 Å². The van der Waals surface area contributed by atoms with E-state index in [1.54, 1.807) is 44.7 Å². The van der Waals surface area contributed by atoms with Crippen LogP contribution in [0, 0.1) is 6.92 Å². The highest BCUT2D eigenvalue weighted by Crippen LogP contribution is 2.40. The number of fused-ring (bicyclic) bond motifs is 1. The fourth-order valence-corrected chi connectivity index (χ4v) is 4.83. The van der Waals surface area contributed by atoms with E-state index in [1.165, 1.54) is 23.2 Å². The van der Waals surface area contributed by atoms with Gasteiger partial charge >= 0.3 is 5.97 Å². The van der Waals surface area contributed by atoms with Gasteiger partial charge in [0.1, 0.15) is 22.1 Å². The molecule has 0 fully saturated rings. The molecule has 0 saturated heterocycles. The Morgan fingerprint density at radius 1 is 1.17 bits per heavy atom. The van der Waals surface area contributed by atoms with Crippen molar-refractivity contribution < 1.29 is 28.6 Å². The first kappa shape index (κ1) is 24.3. The van der Waals surface area contributed by atoms with Crippen LogP contribution in [-0.4, -0.2) is 44.1 Å². The summed E-state index contributed by atoms with van der Waals surface area (Å²) in [6, 6.07) is 12.6. The van der Waals surface area contributed by atoms with E-state index in [2.05, 4.69) is 5.32 Å². The molecule has 0 bridgehead atoms. The van der Waals surface area contributed by atoms with Crippen LogP contribution in [0.15, 0.2) is 47.8 Å². The summed E-state index contributed by atoms with van der Waals surface area (Å²) in [4.78, 5) is 40.9. The number of rotatable bonds is 6. The van der Waals surface area contributed by atoms with Gasteiger partial charge in [0.2, 0.25) is 0 Å². The number of likely N-dealkylation sites (N-methyl/N-ethyl adjacent to an activating group) is 1. The first-order valence-electron chi connectivity index (χ1n) is 11.0. The number of nitrogens with one attached hydrogen (secondary N) is 1. The Kier molecular flexibility index (Phi) is 6.53. The van der Waals surface area contributed by atoms with Gasteiger partial charge in [0, 0.05) is 18.0 Å². The molecule has 0 saturated carbocycles. The number of hydrogen-bond donors (Lipinski definition) is 1. The third-order valence-corrected chi connectivity index (χ3v) is 6.73. The van der Waals surface area contributed by atoms with Crippen molar-refractivity contribution in [2.45, 2.75) is 26.4 Å². The van der Waals surface area contributed by atoms with Crippen LogP contribution in [0.5, 0.6) is 11.5 Å². The first-order valence-corrected chi connectivity index (χ1v) is 11.9. The van der Waals surface area contributed by atoms with E-state index < -0.39 is 23.4 Å². The van der Waals surface area contributed by atoms with Crippen molar-refractivity contribution in [2.75, 3.05) is 31.0 Å². The number of carbonyl (C=O) groups excluding carboxylic acids is 3. The van der Waals surface area contributed by atoms with Crippen molar-refractivity contribution in [1.82, 2.24) is 0 Å². The molecular formula is C26H26N2O6S. The van der Waals surface area contributed by atoms with E-state index in [0.29, 0.717) is 22.7 Å². The van der Waals surface area contributed by atoms with Crippen molar-refractivity contribution >= 4 is 39.8 Å². The number of ether oxygens (including phenoxy) is 3. The summed E-state index contributed by atoms with van der Waals surface area (Å²) in [5, 5.41) is 4.78. The molecule has 4 rings (SSSR count). The van der Waals surface area contributed by atoms with Gasteiger partial charge in [-0.1, -0.05) is 18.2 Å². The Hall–Kier alpha value is -3.85. The van der Waals surface area contributed by atoms with Gasteiger partial charge in [-0.3, -0.25) is 9.59 Å². The number of esters is 1. The molecule has 2 heterocycles. The highest BCUT2D eigenvalue weighted by molar-refractivity contribution is 7.15. The predicted molar refractivity (Wildman–Crippen MR) is 135 cm³/mol. The molecule has 0 aliphatic carbocycles. The van der Waals surface area contributed by atoms with E-state index in [9.17, 15) is 14.4 Å². The van der Waals surface area contributed by atoms with Gasteiger partial charge in [-0.25, -0.2) is 4.79 Å².